The summed E-state index contributed by atoms with van der Waals surface area (Å²) in [5.41, 5.74) is 0.781. The summed E-state index contributed by atoms with van der Waals surface area (Å²) in [6.07, 6.45) is -0.514. The van der Waals surface area contributed by atoms with E-state index in [4.69, 9.17) is 0 Å². The third kappa shape index (κ3) is 1.97. The molecule has 3 heteroatoms. The van der Waals surface area contributed by atoms with Gasteiger partial charge in [-0.25, -0.2) is 0 Å². The number of rotatable bonds is 2. The lowest BCUT2D eigenvalue weighted by molar-refractivity contribution is 0.220. The number of thiophene rings is 1. The molecule has 0 aliphatic rings. The normalized spacial score (nSPS) is 13.0. The fourth-order valence-corrected chi connectivity index (χ4v) is 2.50. The van der Waals surface area contributed by atoms with Gasteiger partial charge in [-0.3, -0.25) is 0 Å². The van der Waals surface area contributed by atoms with Crippen molar-refractivity contribution in [2.75, 3.05) is 0 Å². The maximum absolute atomic E-state index is 9.63. The Morgan fingerprint density at radius 2 is 2.33 bits per heavy atom. The van der Waals surface area contributed by atoms with Crippen LogP contribution in [0.4, 0.5) is 0 Å². The molecule has 12 heavy (non-hydrogen) atoms. The molecule has 0 radical (unpaired) electrons. The number of halogens is 1. The molecule has 0 spiro atoms. The second-order valence-electron chi connectivity index (χ2n) is 2.80. The van der Waals surface area contributed by atoms with E-state index in [9.17, 15) is 5.11 Å². The minimum Gasteiger partial charge on any atom is -0.383 e. The van der Waals surface area contributed by atoms with Crippen LogP contribution in [-0.2, 0) is 0 Å². The molecule has 0 bridgehead atoms. The van der Waals surface area contributed by atoms with Crippen LogP contribution >= 0.6 is 27.3 Å². The van der Waals surface area contributed by atoms with E-state index in [1.54, 1.807) is 11.3 Å². The average Bonchev–Trinajstić information content (AvgIpc) is 2.30. The molecule has 1 aromatic heterocycles. The number of aliphatic hydroxyl groups is 1. The molecule has 1 unspecified atom stereocenters. The van der Waals surface area contributed by atoms with Crippen LogP contribution in [0.1, 0.15) is 22.8 Å². The number of aryl methyl sites for hydroxylation is 1. The summed E-state index contributed by atoms with van der Waals surface area (Å²) in [5, 5.41) is 9.63. The highest BCUT2D eigenvalue weighted by Crippen LogP contribution is 2.32. The maximum atomic E-state index is 9.63. The molecule has 0 aliphatic heterocycles. The highest BCUT2D eigenvalue weighted by Gasteiger charge is 2.12. The molecule has 1 heterocycles. The third-order valence-electron chi connectivity index (χ3n) is 1.61. The number of aliphatic hydroxyl groups excluding tert-OH is 1. The molecule has 1 atom stereocenters. The van der Waals surface area contributed by atoms with Gasteiger partial charge >= 0.3 is 0 Å². The van der Waals surface area contributed by atoms with Crippen molar-refractivity contribution in [3.05, 3.63) is 32.4 Å². The molecule has 0 aromatic carbocycles. The van der Waals surface area contributed by atoms with Crippen LogP contribution in [0, 0.1) is 6.92 Å². The maximum Gasteiger partial charge on any atom is 0.109 e. The molecule has 1 nitrogen and oxygen atoms in total. The van der Waals surface area contributed by atoms with E-state index in [0.29, 0.717) is 0 Å². The SMILES string of the molecule is C=C(C)C(O)c1cc(Br)c(C)s1. The van der Waals surface area contributed by atoms with Crippen molar-refractivity contribution in [3.63, 3.8) is 0 Å². The van der Waals surface area contributed by atoms with Gasteiger partial charge in [0.25, 0.3) is 0 Å². The lowest BCUT2D eigenvalue weighted by atomic mass is 10.2. The summed E-state index contributed by atoms with van der Waals surface area (Å²) in [7, 11) is 0. The van der Waals surface area contributed by atoms with Crippen LogP contribution in [0.2, 0.25) is 0 Å². The van der Waals surface area contributed by atoms with Gasteiger partial charge in [0.1, 0.15) is 6.10 Å². The Balaban J connectivity index is 2.96. The average molecular weight is 247 g/mol. The van der Waals surface area contributed by atoms with E-state index in [2.05, 4.69) is 22.5 Å². The van der Waals surface area contributed by atoms with Crippen molar-refractivity contribution >= 4 is 27.3 Å². The lowest BCUT2D eigenvalue weighted by Gasteiger charge is -2.05. The molecule has 1 rings (SSSR count). The summed E-state index contributed by atoms with van der Waals surface area (Å²) in [6, 6.07) is 1.94. The Morgan fingerprint density at radius 3 is 2.67 bits per heavy atom. The molecule has 0 saturated heterocycles. The topological polar surface area (TPSA) is 20.2 Å². The quantitative estimate of drug-likeness (QED) is 0.794. The van der Waals surface area contributed by atoms with E-state index in [0.717, 1.165) is 14.9 Å². The van der Waals surface area contributed by atoms with Crippen molar-refractivity contribution in [2.24, 2.45) is 0 Å². The van der Waals surface area contributed by atoms with Gasteiger partial charge in [0, 0.05) is 14.2 Å². The van der Waals surface area contributed by atoms with Gasteiger partial charge in [-0.1, -0.05) is 6.58 Å². The second kappa shape index (κ2) is 3.73. The summed E-state index contributed by atoms with van der Waals surface area (Å²) in [6.45, 7) is 7.56. The van der Waals surface area contributed by atoms with Gasteiger partial charge in [-0.05, 0) is 41.4 Å². The van der Waals surface area contributed by atoms with Crippen LogP contribution in [0.15, 0.2) is 22.7 Å². The molecule has 0 amide bonds. The highest BCUT2D eigenvalue weighted by atomic mass is 79.9. The van der Waals surface area contributed by atoms with Crippen molar-refractivity contribution in [1.29, 1.82) is 0 Å². The zero-order valence-corrected chi connectivity index (χ0v) is 9.50. The van der Waals surface area contributed by atoms with E-state index in [1.165, 1.54) is 4.88 Å². The van der Waals surface area contributed by atoms with Gasteiger partial charge in [0.2, 0.25) is 0 Å². The molecule has 0 fully saturated rings. The van der Waals surface area contributed by atoms with Crippen LogP contribution in [0.25, 0.3) is 0 Å². The highest BCUT2D eigenvalue weighted by molar-refractivity contribution is 9.10. The molecule has 0 aliphatic carbocycles. The van der Waals surface area contributed by atoms with Gasteiger partial charge < -0.3 is 5.11 Å². The first-order valence-corrected chi connectivity index (χ1v) is 5.22. The van der Waals surface area contributed by atoms with Gasteiger partial charge in [-0.2, -0.15) is 0 Å². The zero-order chi connectivity index (χ0) is 9.30. The fraction of sp³-hybridized carbons (Fsp3) is 0.333. The van der Waals surface area contributed by atoms with Crippen molar-refractivity contribution in [3.8, 4) is 0 Å². The molecule has 1 N–H and O–H groups in total. The summed E-state index contributed by atoms with van der Waals surface area (Å²) in [5.74, 6) is 0. The minimum atomic E-state index is -0.514. The van der Waals surface area contributed by atoms with E-state index >= 15 is 0 Å². The lowest BCUT2D eigenvalue weighted by Crippen LogP contribution is -1.93. The molecule has 0 saturated carbocycles. The van der Waals surface area contributed by atoms with Crippen LogP contribution in [0.5, 0.6) is 0 Å². The van der Waals surface area contributed by atoms with Crippen molar-refractivity contribution in [2.45, 2.75) is 20.0 Å². The van der Waals surface area contributed by atoms with Crippen molar-refractivity contribution in [1.82, 2.24) is 0 Å². The van der Waals surface area contributed by atoms with Gasteiger partial charge in [0.15, 0.2) is 0 Å². The summed E-state index contributed by atoms with van der Waals surface area (Å²) < 4.78 is 1.06. The first-order chi connectivity index (χ1) is 5.52. The Kier molecular flexibility index (Phi) is 3.09. The predicted octanol–water partition coefficient (Wildman–Crippen LogP) is 3.43. The van der Waals surface area contributed by atoms with Crippen LogP contribution in [0.3, 0.4) is 0 Å². The van der Waals surface area contributed by atoms with Crippen LogP contribution in [-0.4, -0.2) is 5.11 Å². The third-order valence-corrected chi connectivity index (χ3v) is 3.80. The zero-order valence-electron chi connectivity index (χ0n) is 7.10. The summed E-state index contributed by atoms with van der Waals surface area (Å²) >= 11 is 5.00. The van der Waals surface area contributed by atoms with Crippen molar-refractivity contribution < 1.29 is 5.11 Å². The van der Waals surface area contributed by atoms with E-state index in [1.807, 2.05) is 19.9 Å². The first-order valence-electron chi connectivity index (χ1n) is 3.61. The molecule has 66 valence electrons. The summed E-state index contributed by atoms with van der Waals surface area (Å²) in [4.78, 5) is 2.14. The molecule has 1 aromatic rings. The Morgan fingerprint density at radius 1 is 1.75 bits per heavy atom. The second-order valence-corrected chi connectivity index (χ2v) is 4.94. The molecular formula is C9H11BrOS. The van der Waals surface area contributed by atoms with E-state index < -0.39 is 6.10 Å². The molecular weight excluding hydrogens is 236 g/mol. The minimum absolute atomic E-state index is 0.514. The Labute approximate surface area is 84.9 Å². The van der Waals surface area contributed by atoms with Gasteiger partial charge in [0.05, 0.1) is 0 Å². The van der Waals surface area contributed by atoms with Gasteiger partial charge in [-0.15, -0.1) is 11.3 Å². The Hall–Kier alpha value is -0.120. The first kappa shape index (κ1) is 9.96. The largest absolute Gasteiger partial charge is 0.383 e. The smallest absolute Gasteiger partial charge is 0.109 e. The number of hydrogen-bond acceptors (Lipinski definition) is 2. The Bertz CT molecular complexity index is 284. The number of hydrogen-bond donors (Lipinski definition) is 1. The predicted molar refractivity (Wildman–Crippen MR) is 56.5 cm³/mol. The standard InChI is InChI=1S/C9H11BrOS/c1-5(2)9(11)8-4-7(10)6(3)12-8/h4,9,11H,1H2,2-3H3. The van der Waals surface area contributed by atoms with E-state index in [-0.39, 0.29) is 0 Å². The van der Waals surface area contributed by atoms with Crippen LogP contribution < -0.4 is 0 Å². The fourth-order valence-electron chi connectivity index (χ4n) is 0.859. The monoisotopic (exact) mass is 246 g/mol.